The molecule has 0 fully saturated rings. The van der Waals surface area contributed by atoms with E-state index in [0.29, 0.717) is 5.56 Å². The molecule has 0 aliphatic carbocycles. The second kappa shape index (κ2) is 10.0. The first kappa shape index (κ1) is 22.3. The Morgan fingerprint density at radius 1 is 1.07 bits per heavy atom. The molecule has 0 bridgehead atoms. The molecule has 0 spiro atoms. The highest BCUT2D eigenvalue weighted by Crippen LogP contribution is 2.29. The van der Waals surface area contributed by atoms with Crippen molar-refractivity contribution in [1.29, 1.82) is 0 Å². The standard InChI is InChI=1S/C20H21N3O7/c1-12(21-19(25)14-7-5-4-6-8-14)20(26)30-13(2)18(24)22-16-10-9-15(29-3)11-17(16)23(27)28/h4-13H,1-3H3,(H,21,25)(H,22,24)/t12-,13+/m0/s1. The number of esters is 1. The number of nitrogens with zero attached hydrogens (tertiary/aromatic N) is 1. The molecule has 0 aromatic heterocycles. The molecule has 2 atom stereocenters. The monoisotopic (exact) mass is 415 g/mol. The number of hydrogen-bond acceptors (Lipinski definition) is 7. The second-order valence-corrected chi connectivity index (χ2v) is 6.27. The predicted octanol–water partition coefficient (Wildman–Crippen LogP) is 2.29. The molecule has 0 saturated heterocycles. The van der Waals surface area contributed by atoms with Gasteiger partial charge in [-0.3, -0.25) is 19.7 Å². The van der Waals surface area contributed by atoms with Crippen LogP contribution in [0.1, 0.15) is 24.2 Å². The van der Waals surface area contributed by atoms with Crippen molar-refractivity contribution in [2.24, 2.45) is 0 Å². The molecule has 2 rings (SSSR count). The zero-order chi connectivity index (χ0) is 22.3. The van der Waals surface area contributed by atoms with Crippen LogP contribution in [0.25, 0.3) is 0 Å². The summed E-state index contributed by atoms with van der Waals surface area (Å²) in [5, 5.41) is 16.0. The molecular weight excluding hydrogens is 394 g/mol. The Morgan fingerprint density at radius 2 is 1.73 bits per heavy atom. The summed E-state index contributed by atoms with van der Waals surface area (Å²) < 4.78 is 10.0. The Morgan fingerprint density at radius 3 is 2.33 bits per heavy atom. The Labute approximate surface area is 172 Å². The maximum absolute atomic E-state index is 12.3. The van der Waals surface area contributed by atoms with Crippen molar-refractivity contribution in [2.75, 3.05) is 12.4 Å². The van der Waals surface area contributed by atoms with Gasteiger partial charge in [0, 0.05) is 5.56 Å². The highest BCUT2D eigenvalue weighted by molar-refractivity contribution is 5.99. The van der Waals surface area contributed by atoms with Crippen molar-refractivity contribution in [2.45, 2.75) is 26.0 Å². The normalized spacial score (nSPS) is 12.2. The van der Waals surface area contributed by atoms with Gasteiger partial charge in [0.05, 0.1) is 18.1 Å². The Hall–Kier alpha value is -3.95. The van der Waals surface area contributed by atoms with Gasteiger partial charge in [-0.05, 0) is 38.1 Å². The summed E-state index contributed by atoms with van der Waals surface area (Å²) in [6.45, 7) is 2.73. The number of carbonyl (C=O) groups excluding carboxylic acids is 3. The molecule has 10 heteroatoms. The molecule has 0 aliphatic rings. The highest BCUT2D eigenvalue weighted by Gasteiger charge is 2.25. The van der Waals surface area contributed by atoms with Gasteiger partial charge in [0.2, 0.25) is 0 Å². The Kier molecular flexibility index (Phi) is 7.45. The first-order valence-corrected chi connectivity index (χ1v) is 8.92. The first-order valence-electron chi connectivity index (χ1n) is 8.92. The summed E-state index contributed by atoms with van der Waals surface area (Å²) >= 11 is 0. The molecule has 30 heavy (non-hydrogen) atoms. The topological polar surface area (TPSA) is 137 Å². The van der Waals surface area contributed by atoms with Crippen LogP contribution in [-0.2, 0) is 14.3 Å². The van der Waals surface area contributed by atoms with Gasteiger partial charge in [-0.25, -0.2) is 4.79 Å². The quantitative estimate of drug-likeness (QED) is 0.383. The van der Waals surface area contributed by atoms with E-state index >= 15 is 0 Å². The molecule has 0 aliphatic heterocycles. The summed E-state index contributed by atoms with van der Waals surface area (Å²) in [5.74, 6) is -1.81. The van der Waals surface area contributed by atoms with Crippen molar-refractivity contribution < 1.29 is 28.8 Å². The fraction of sp³-hybridized carbons (Fsp3) is 0.250. The number of nitrogens with one attached hydrogen (secondary N) is 2. The largest absolute Gasteiger partial charge is 0.496 e. The number of nitro groups is 1. The number of amides is 2. The molecule has 2 N–H and O–H groups in total. The fourth-order valence-corrected chi connectivity index (χ4v) is 2.39. The molecule has 2 amide bonds. The highest BCUT2D eigenvalue weighted by atomic mass is 16.6. The minimum Gasteiger partial charge on any atom is -0.496 e. The second-order valence-electron chi connectivity index (χ2n) is 6.27. The minimum absolute atomic E-state index is 0.0703. The number of nitro benzene ring substituents is 1. The maximum Gasteiger partial charge on any atom is 0.329 e. The van der Waals surface area contributed by atoms with Crippen molar-refractivity contribution in [3.8, 4) is 5.75 Å². The van der Waals surface area contributed by atoms with Gasteiger partial charge in [-0.1, -0.05) is 18.2 Å². The third kappa shape index (κ3) is 5.77. The predicted molar refractivity (Wildman–Crippen MR) is 107 cm³/mol. The van der Waals surface area contributed by atoms with E-state index < -0.39 is 34.9 Å². The van der Waals surface area contributed by atoms with Gasteiger partial charge in [-0.2, -0.15) is 0 Å². The van der Waals surface area contributed by atoms with Gasteiger partial charge in [-0.15, -0.1) is 0 Å². The lowest BCUT2D eigenvalue weighted by atomic mass is 10.2. The molecule has 0 radical (unpaired) electrons. The van der Waals surface area contributed by atoms with Crippen LogP contribution in [0.5, 0.6) is 5.75 Å². The van der Waals surface area contributed by atoms with Crippen molar-refractivity contribution in [3.63, 3.8) is 0 Å². The number of anilines is 1. The zero-order valence-corrected chi connectivity index (χ0v) is 16.6. The summed E-state index contributed by atoms with van der Waals surface area (Å²) in [7, 11) is 1.36. The summed E-state index contributed by atoms with van der Waals surface area (Å²) in [6.07, 6.45) is -1.25. The molecule has 158 valence electrons. The van der Waals surface area contributed by atoms with Gasteiger partial charge < -0.3 is 20.1 Å². The van der Waals surface area contributed by atoms with Gasteiger partial charge in [0.1, 0.15) is 17.5 Å². The van der Waals surface area contributed by atoms with E-state index in [-0.39, 0.29) is 17.1 Å². The number of carbonyl (C=O) groups is 3. The lowest BCUT2D eigenvalue weighted by Gasteiger charge is -2.17. The SMILES string of the molecule is COc1ccc(NC(=O)[C@@H](C)OC(=O)[C@H](C)NC(=O)c2ccccc2)c([N+](=O)[O-])c1. The van der Waals surface area contributed by atoms with Crippen molar-refractivity contribution in [3.05, 3.63) is 64.2 Å². The van der Waals surface area contributed by atoms with Crippen LogP contribution in [0.2, 0.25) is 0 Å². The zero-order valence-electron chi connectivity index (χ0n) is 16.6. The Bertz CT molecular complexity index is 947. The average Bonchev–Trinajstić information content (AvgIpc) is 2.74. The minimum atomic E-state index is -1.25. The van der Waals surface area contributed by atoms with Gasteiger partial charge in [0.15, 0.2) is 6.10 Å². The third-order valence-corrected chi connectivity index (χ3v) is 4.06. The van der Waals surface area contributed by atoms with Crippen LogP contribution in [0.15, 0.2) is 48.5 Å². The number of hydrogen-bond donors (Lipinski definition) is 2. The summed E-state index contributed by atoms with van der Waals surface area (Å²) in [5.41, 5.74) is -0.0707. The van der Waals surface area contributed by atoms with Crippen molar-refractivity contribution in [1.82, 2.24) is 5.32 Å². The van der Waals surface area contributed by atoms with Crippen LogP contribution in [0.4, 0.5) is 11.4 Å². The number of methoxy groups -OCH3 is 1. The molecule has 2 aromatic carbocycles. The van der Waals surface area contributed by atoms with Crippen LogP contribution < -0.4 is 15.4 Å². The van der Waals surface area contributed by atoms with E-state index in [4.69, 9.17) is 9.47 Å². The molecule has 0 heterocycles. The molecule has 0 saturated carbocycles. The summed E-state index contributed by atoms with van der Waals surface area (Å²) in [6, 6.07) is 11.2. The molecule has 2 aromatic rings. The van der Waals surface area contributed by atoms with E-state index in [1.165, 1.54) is 33.1 Å². The number of benzene rings is 2. The van der Waals surface area contributed by atoms with Crippen LogP contribution in [0, 0.1) is 10.1 Å². The third-order valence-electron chi connectivity index (χ3n) is 4.06. The maximum atomic E-state index is 12.3. The fourth-order valence-electron chi connectivity index (χ4n) is 2.39. The van der Waals surface area contributed by atoms with E-state index in [2.05, 4.69) is 10.6 Å². The van der Waals surface area contributed by atoms with E-state index in [0.717, 1.165) is 6.07 Å². The van der Waals surface area contributed by atoms with Crippen LogP contribution >= 0.6 is 0 Å². The van der Waals surface area contributed by atoms with E-state index in [9.17, 15) is 24.5 Å². The van der Waals surface area contributed by atoms with Gasteiger partial charge >= 0.3 is 5.97 Å². The van der Waals surface area contributed by atoms with E-state index in [1.54, 1.807) is 30.3 Å². The number of rotatable bonds is 8. The van der Waals surface area contributed by atoms with Crippen molar-refractivity contribution >= 4 is 29.2 Å². The number of ether oxygens (including phenoxy) is 2. The van der Waals surface area contributed by atoms with Crippen LogP contribution in [0.3, 0.4) is 0 Å². The molecule has 10 nitrogen and oxygen atoms in total. The molecule has 0 unspecified atom stereocenters. The van der Waals surface area contributed by atoms with Crippen LogP contribution in [-0.4, -0.2) is 42.0 Å². The lowest BCUT2D eigenvalue weighted by molar-refractivity contribution is -0.384. The first-order chi connectivity index (χ1) is 14.2. The van der Waals surface area contributed by atoms with Gasteiger partial charge in [0.25, 0.3) is 17.5 Å². The molecular formula is C20H21N3O7. The average molecular weight is 415 g/mol. The lowest BCUT2D eigenvalue weighted by Crippen LogP contribution is -2.42. The smallest absolute Gasteiger partial charge is 0.329 e. The Balaban J connectivity index is 1.97. The summed E-state index contributed by atoms with van der Waals surface area (Å²) in [4.78, 5) is 47.1. The van der Waals surface area contributed by atoms with E-state index in [1.807, 2.05) is 0 Å².